The Morgan fingerprint density at radius 1 is 1.09 bits per heavy atom. The highest BCUT2D eigenvalue weighted by Gasteiger charge is 2.17. The second-order valence-corrected chi connectivity index (χ2v) is 6.46. The van der Waals surface area contributed by atoms with Crippen molar-refractivity contribution in [2.24, 2.45) is 11.7 Å². The molecule has 1 aromatic heterocycles. The maximum absolute atomic E-state index is 11.7. The maximum atomic E-state index is 11.7. The summed E-state index contributed by atoms with van der Waals surface area (Å²) in [5.41, 5.74) is 9.25. The summed E-state index contributed by atoms with van der Waals surface area (Å²) in [5, 5.41) is 2.41. The van der Waals surface area contributed by atoms with Crippen molar-refractivity contribution in [3.63, 3.8) is 0 Å². The molecule has 0 radical (unpaired) electrons. The number of nitrogens with two attached hydrogens (primary N) is 1. The van der Waals surface area contributed by atoms with Crippen molar-refractivity contribution >= 4 is 16.7 Å². The van der Waals surface area contributed by atoms with E-state index in [1.165, 1.54) is 10.8 Å². The van der Waals surface area contributed by atoms with Crippen LogP contribution in [0.3, 0.4) is 0 Å². The fourth-order valence-corrected chi connectivity index (χ4v) is 3.08. The summed E-state index contributed by atoms with van der Waals surface area (Å²) < 4.78 is 2.20. The van der Waals surface area contributed by atoms with Gasteiger partial charge < -0.3 is 10.3 Å². The Kier molecular flexibility index (Phi) is 3.95. The number of benzene rings is 2. The zero-order valence-electron chi connectivity index (χ0n) is 13.8. The lowest BCUT2D eigenvalue weighted by Crippen LogP contribution is -2.13. The van der Waals surface area contributed by atoms with Gasteiger partial charge in [0.1, 0.15) is 0 Å². The van der Waals surface area contributed by atoms with Crippen LogP contribution in [0.2, 0.25) is 0 Å². The smallest absolute Gasteiger partial charge is 0.250 e. The fourth-order valence-electron chi connectivity index (χ4n) is 3.08. The first kappa shape index (κ1) is 15.3. The van der Waals surface area contributed by atoms with Crippen LogP contribution in [0.4, 0.5) is 0 Å². The lowest BCUT2D eigenvalue weighted by molar-refractivity contribution is 0.0999. The summed E-state index contributed by atoms with van der Waals surface area (Å²) in [6.45, 7) is 7.18. The normalized spacial score (nSPS) is 11.3. The second kappa shape index (κ2) is 5.92. The second-order valence-electron chi connectivity index (χ2n) is 6.46. The van der Waals surface area contributed by atoms with Crippen LogP contribution in [0.25, 0.3) is 22.0 Å². The molecule has 0 aliphatic carbocycles. The van der Waals surface area contributed by atoms with Gasteiger partial charge in [0.2, 0.25) is 0 Å². The molecule has 0 spiro atoms. The van der Waals surface area contributed by atoms with Crippen molar-refractivity contribution in [2.75, 3.05) is 0 Å². The zero-order valence-corrected chi connectivity index (χ0v) is 13.8. The summed E-state index contributed by atoms with van der Waals surface area (Å²) in [7, 11) is 0. The highest BCUT2D eigenvalue weighted by atomic mass is 16.1. The average Bonchev–Trinajstić information content (AvgIpc) is 2.83. The lowest BCUT2D eigenvalue weighted by atomic mass is 10.0. The van der Waals surface area contributed by atoms with E-state index in [1.54, 1.807) is 0 Å². The van der Waals surface area contributed by atoms with Crippen LogP contribution in [-0.4, -0.2) is 10.5 Å². The number of carbonyl (C=O) groups is 1. The molecule has 23 heavy (non-hydrogen) atoms. The van der Waals surface area contributed by atoms with E-state index in [2.05, 4.69) is 48.7 Å². The Balaban J connectivity index is 2.19. The number of hydrogen-bond acceptors (Lipinski definition) is 1. The third-order valence-corrected chi connectivity index (χ3v) is 4.22. The van der Waals surface area contributed by atoms with Crippen LogP contribution in [0, 0.1) is 12.8 Å². The van der Waals surface area contributed by atoms with Gasteiger partial charge in [-0.2, -0.15) is 0 Å². The number of fused-ring (bicyclic) bond motifs is 1. The van der Waals surface area contributed by atoms with Crippen molar-refractivity contribution in [2.45, 2.75) is 27.3 Å². The van der Waals surface area contributed by atoms with Gasteiger partial charge in [-0.25, -0.2) is 0 Å². The molecule has 0 saturated heterocycles. The van der Waals surface area contributed by atoms with Gasteiger partial charge in [0.05, 0.1) is 5.56 Å². The topological polar surface area (TPSA) is 48.0 Å². The van der Waals surface area contributed by atoms with E-state index >= 15 is 0 Å². The lowest BCUT2D eigenvalue weighted by Gasteiger charge is -2.15. The molecule has 3 nitrogen and oxygen atoms in total. The number of carbonyl (C=O) groups excluding carboxylic acids is 1. The van der Waals surface area contributed by atoms with Crippen molar-refractivity contribution in [3.8, 4) is 11.3 Å². The van der Waals surface area contributed by atoms with E-state index < -0.39 is 0 Å². The van der Waals surface area contributed by atoms with Crippen molar-refractivity contribution in [3.05, 3.63) is 59.8 Å². The molecule has 1 heterocycles. The third-order valence-electron chi connectivity index (χ3n) is 4.22. The highest BCUT2D eigenvalue weighted by molar-refractivity contribution is 5.96. The number of aromatic nitrogens is 1. The molecule has 0 atom stereocenters. The predicted octanol–water partition coefficient (Wildman–Crippen LogP) is 4.37. The van der Waals surface area contributed by atoms with Gasteiger partial charge in [-0.3, -0.25) is 4.79 Å². The predicted molar refractivity (Wildman–Crippen MR) is 95.5 cm³/mol. The Morgan fingerprint density at radius 2 is 1.78 bits per heavy atom. The van der Waals surface area contributed by atoms with Crippen LogP contribution in [-0.2, 0) is 6.54 Å². The van der Waals surface area contributed by atoms with Crippen molar-refractivity contribution < 1.29 is 4.79 Å². The summed E-state index contributed by atoms with van der Waals surface area (Å²) >= 11 is 0. The molecule has 0 fully saturated rings. The number of hydrogen-bond donors (Lipinski definition) is 1. The quantitative estimate of drug-likeness (QED) is 0.764. The summed E-state index contributed by atoms with van der Waals surface area (Å²) in [5.74, 6) is 0.119. The largest absolute Gasteiger partial charge is 0.366 e. The van der Waals surface area contributed by atoms with Crippen LogP contribution in [0.1, 0.15) is 29.9 Å². The van der Waals surface area contributed by atoms with Gasteiger partial charge in [0.15, 0.2) is 0 Å². The molecule has 2 aromatic carbocycles. The Morgan fingerprint density at radius 3 is 2.43 bits per heavy atom. The SMILES string of the molecule is Cc1c(C(N)=O)cc(-c2ccc3ccccc3c2)n1CC(C)C. The van der Waals surface area contributed by atoms with E-state index in [4.69, 9.17) is 5.73 Å². The first-order valence-electron chi connectivity index (χ1n) is 7.96. The van der Waals surface area contributed by atoms with Gasteiger partial charge in [-0.15, -0.1) is 0 Å². The minimum absolute atomic E-state index is 0.368. The molecule has 0 aliphatic rings. The summed E-state index contributed by atoms with van der Waals surface area (Å²) in [4.78, 5) is 11.7. The van der Waals surface area contributed by atoms with E-state index in [1.807, 2.05) is 25.1 Å². The molecule has 3 rings (SSSR count). The van der Waals surface area contributed by atoms with Gasteiger partial charge >= 0.3 is 0 Å². The molecule has 0 unspecified atom stereocenters. The summed E-state index contributed by atoms with van der Waals surface area (Å²) in [6.07, 6.45) is 0. The van der Waals surface area contributed by atoms with Crippen molar-refractivity contribution in [1.82, 2.24) is 4.57 Å². The molecule has 0 bridgehead atoms. The molecular formula is C20H22N2O. The van der Waals surface area contributed by atoms with E-state index in [0.29, 0.717) is 11.5 Å². The molecule has 3 heteroatoms. The molecule has 118 valence electrons. The monoisotopic (exact) mass is 306 g/mol. The van der Waals surface area contributed by atoms with Crippen LogP contribution >= 0.6 is 0 Å². The van der Waals surface area contributed by atoms with Crippen LogP contribution in [0.15, 0.2) is 48.5 Å². The first-order chi connectivity index (χ1) is 11.0. The standard InChI is InChI=1S/C20H22N2O/c1-13(2)12-22-14(3)18(20(21)23)11-19(22)17-9-8-15-6-4-5-7-16(15)10-17/h4-11,13H,12H2,1-3H3,(H2,21,23). The average molecular weight is 306 g/mol. The number of nitrogens with zero attached hydrogens (tertiary/aromatic N) is 1. The summed E-state index contributed by atoms with van der Waals surface area (Å²) in [6, 6.07) is 16.6. The minimum atomic E-state index is -0.368. The van der Waals surface area contributed by atoms with Crippen molar-refractivity contribution in [1.29, 1.82) is 0 Å². The molecule has 0 saturated carbocycles. The third kappa shape index (κ3) is 2.87. The Hall–Kier alpha value is -2.55. The van der Waals surface area contributed by atoms with Gasteiger partial charge in [0.25, 0.3) is 5.91 Å². The van der Waals surface area contributed by atoms with Crippen LogP contribution < -0.4 is 5.73 Å². The highest BCUT2D eigenvalue weighted by Crippen LogP contribution is 2.29. The number of rotatable bonds is 4. The maximum Gasteiger partial charge on any atom is 0.250 e. The fraction of sp³-hybridized carbons (Fsp3) is 0.250. The van der Waals surface area contributed by atoms with E-state index in [0.717, 1.165) is 23.5 Å². The van der Waals surface area contributed by atoms with E-state index in [9.17, 15) is 4.79 Å². The Bertz CT molecular complexity index is 874. The molecule has 3 aromatic rings. The molecular weight excluding hydrogens is 284 g/mol. The van der Waals surface area contributed by atoms with E-state index in [-0.39, 0.29) is 5.91 Å². The first-order valence-corrected chi connectivity index (χ1v) is 7.96. The van der Waals surface area contributed by atoms with Crippen LogP contribution in [0.5, 0.6) is 0 Å². The number of primary amides is 1. The zero-order chi connectivity index (χ0) is 16.6. The van der Waals surface area contributed by atoms with Gasteiger partial charge in [-0.05, 0) is 41.3 Å². The van der Waals surface area contributed by atoms with Gasteiger partial charge in [0, 0.05) is 17.9 Å². The number of amides is 1. The molecule has 1 amide bonds. The Labute approximate surface area is 136 Å². The van der Waals surface area contributed by atoms with Gasteiger partial charge in [-0.1, -0.05) is 50.2 Å². The molecule has 0 aliphatic heterocycles. The minimum Gasteiger partial charge on any atom is -0.366 e. The molecule has 2 N–H and O–H groups in total.